The van der Waals surface area contributed by atoms with E-state index in [0.29, 0.717) is 5.56 Å². The van der Waals surface area contributed by atoms with Crippen LogP contribution >= 0.6 is 0 Å². The highest BCUT2D eigenvalue weighted by molar-refractivity contribution is 5.28. The average Bonchev–Trinajstić information content (AvgIpc) is 3.10. The van der Waals surface area contributed by atoms with Gasteiger partial charge in [0.15, 0.2) is 0 Å². The van der Waals surface area contributed by atoms with Crippen LogP contribution in [0.25, 0.3) is 0 Å². The number of nitrogens with two attached hydrogens (primary N) is 1. The highest BCUT2D eigenvalue weighted by Crippen LogP contribution is 2.38. The van der Waals surface area contributed by atoms with Gasteiger partial charge in [-0.25, -0.2) is 0 Å². The van der Waals surface area contributed by atoms with Crippen molar-refractivity contribution in [3.8, 4) is 0 Å². The zero-order valence-electron chi connectivity index (χ0n) is 9.11. The van der Waals surface area contributed by atoms with Gasteiger partial charge in [0, 0.05) is 0 Å². The van der Waals surface area contributed by atoms with Crippen molar-refractivity contribution in [1.82, 2.24) is 0 Å². The summed E-state index contributed by atoms with van der Waals surface area (Å²) in [7, 11) is 0. The summed E-state index contributed by atoms with van der Waals surface area (Å²) in [5.74, 6) is 0.138. The first-order valence-corrected chi connectivity index (χ1v) is 5.50. The first kappa shape index (κ1) is 12.4. The SMILES string of the molecule is N[C@@H](c1cccc(C(F)(F)F)c1)[C@H](O)C1CC1. The Hall–Kier alpha value is -1.07. The molecule has 5 heteroatoms. The van der Waals surface area contributed by atoms with E-state index < -0.39 is 23.9 Å². The average molecular weight is 245 g/mol. The molecule has 94 valence electrons. The van der Waals surface area contributed by atoms with Gasteiger partial charge in [-0.2, -0.15) is 13.2 Å². The number of halogens is 3. The predicted molar refractivity (Wildman–Crippen MR) is 57.1 cm³/mol. The van der Waals surface area contributed by atoms with Crippen molar-refractivity contribution in [3.05, 3.63) is 35.4 Å². The van der Waals surface area contributed by atoms with Gasteiger partial charge in [0.2, 0.25) is 0 Å². The molecule has 1 aliphatic carbocycles. The Balaban J connectivity index is 2.20. The van der Waals surface area contributed by atoms with Crippen LogP contribution in [-0.4, -0.2) is 11.2 Å². The lowest BCUT2D eigenvalue weighted by molar-refractivity contribution is -0.137. The first-order valence-electron chi connectivity index (χ1n) is 5.50. The number of aliphatic hydroxyl groups is 1. The molecule has 0 radical (unpaired) electrons. The van der Waals surface area contributed by atoms with E-state index in [2.05, 4.69) is 0 Å². The molecule has 0 heterocycles. The largest absolute Gasteiger partial charge is 0.416 e. The Bertz CT molecular complexity index is 401. The Morgan fingerprint density at radius 3 is 2.47 bits per heavy atom. The highest BCUT2D eigenvalue weighted by atomic mass is 19.4. The number of aliphatic hydroxyl groups excluding tert-OH is 1. The second-order valence-electron chi connectivity index (χ2n) is 4.48. The molecule has 2 atom stereocenters. The third-order valence-corrected chi connectivity index (χ3v) is 3.07. The summed E-state index contributed by atoms with van der Waals surface area (Å²) in [5, 5.41) is 9.80. The smallest absolute Gasteiger partial charge is 0.391 e. The molecule has 1 saturated carbocycles. The van der Waals surface area contributed by atoms with Crippen LogP contribution in [0.2, 0.25) is 0 Å². The van der Waals surface area contributed by atoms with Crippen LogP contribution in [0.5, 0.6) is 0 Å². The topological polar surface area (TPSA) is 46.2 Å². The molecule has 1 aromatic rings. The zero-order valence-corrected chi connectivity index (χ0v) is 9.11. The lowest BCUT2D eigenvalue weighted by Gasteiger charge is -2.19. The van der Waals surface area contributed by atoms with Crippen molar-refractivity contribution in [2.45, 2.75) is 31.2 Å². The number of hydrogen-bond acceptors (Lipinski definition) is 2. The van der Waals surface area contributed by atoms with E-state index in [1.54, 1.807) is 0 Å². The van der Waals surface area contributed by atoms with Crippen molar-refractivity contribution in [2.75, 3.05) is 0 Å². The molecular formula is C12H14F3NO. The first-order chi connectivity index (χ1) is 7.89. The molecule has 1 aromatic carbocycles. The van der Waals surface area contributed by atoms with Crippen LogP contribution in [0.3, 0.4) is 0 Å². The lowest BCUT2D eigenvalue weighted by Crippen LogP contribution is -2.28. The van der Waals surface area contributed by atoms with Crippen LogP contribution in [0.1, 0.15) is 30.0 Å². The second-order valence-corrected chi connectivity index (χ2v) is 4.48. The molecular weight excluding hydrogens is 231 g/mol. The molecule has 2 nitrogen and oxygen atoms in total. The van der Waals surface area contributed by atoms with Crippen molar-refractivity contribution >= 4 is 0 Å². The number of benzene rings is 1. The van der Waals surface area contributed by atoms with Crippen molar-refractivity contribution in [2.24, 2.45) is 11.7 Å². The van der Waals surface area contributed by atoms with E-state index in [4.69, 9.17) is 5.73 Å². The Morgan fingerprint density at radius 2 is 1.94 bits per heavy atom. The summed E-state index contributed by atoms with van der Waals surface area (Å²) in [6.07, 6.45) is -3.33. The van der Waals surface area contributed by atoms with E-state index >= 15 is 0 Å². The van der Waals surface area contributed by atoms with E-state index in [1.807, 2.05) is 0 Å². The van der Waals surface area contributed by atoms with Crippen molar-refractivity contribution < 1.29 is 18.3 Å². The number of alkyl halides is 3. The van der Waals surface area contributed by atoms with E-state index in [0.717, 1.165) is 25.0 Å². The number of rotatable bonds is 3. The van der Waals surface area contributed by atoms with Crippen LogP contribution in [0.15, 0.2) is 24.3 Å². The zero-order chi connectivity index (χ0) is 12.6. The summed E-state index contributed by atoms with van der Waals surface area (Å²) in [6.45, 7) is 0. The fraction of sp³-hybridized carbons (Fsp3) is 0.500. The standard InChI is InChI=1S/C12H14F3NO/c13-12(14,15)9-3-1-2-8(6-9)10(16)11(17)7-4-5-7/h1-3,6-7,10-11,17H,4-5,16H2/t10-,11+/m0/s1. The van der Waals surface area contributed by atoms with Crippen molar-refractivity contribution in [1.29, 1.82) is 0 Å². The maximum absolute atomic E-state index is 12.5. The third kappa shape index (κ3) is 2.79. The summed E-state index contributed by atoms with van der Waals surface area (Å²) < 4.78 is 37.5. The van der Waals surface area contributed by atoms with Gasteiger partial charge < -0.3 is 10.8 Å². The van der Waals surface area contributed by atoms with Crippen LogP contribution < -0.4 is 5.73 Å². The normalized spacial score (nSPS) is 20.1. The Labute approximate surface area is 97.2 Å². The van der Waals surface area contributed by atoms with E-state index in [-0.39, 0.29) is 5.92 Å². The van der Waals surface area contributed by atoms with Gasteiger partial charge in [-0.3, -0.25) is 0 Å². The van der Waals surface area contributed by atoms with Gasteiger partial charge in [0.05, 0.1) is 17.7 Å². The highest BCUT2D eigenvalue weighted by Gasteiger charge is 2.35. The molecule has 1 aliphatic rings. The maximum atomic E-state index is 12.5. The lowest BCUT2D eigenvalue weighted by atomic mass is 9.97. The summed E-state index contributed by atoms with van der Waals surface area (Å²) in [6, 6.07) is 4.10. The molecule has 2 rings (SSSR count). The van der Waals surface area contributed by atoms with Gasteiger partial charge in [0.1, 0.15) is 0 Å². The molecule has 1 fully saturated rings. The predicted octanol–water partition coefficient (Wildman–Crippen LogP) is 2.48. The van der Waals surface area contributed by atoms with Crippen LogP contribution in [-0.2, 0) is 6.18 Å². The second kappa shape index (κ2) is 4.31. The van der Waals surface area contributed by atoms with Gasteiger partial charge >= 0.3 is 6.18 Å². The molecule has 17 heavy (non-hydrogen) atoms. The van der Waals surface area contributed by atoms with Gasteiger partial charge in [-0.1, -0.05) is 12.1 Å². The Kier molecular flexibility index (Phi) is 3.14. The minimum Gasteiger partial charge on any atom is -0.391 e. The molecule has 0 aromatic heterocycles. The monoisotopic (exact) mass is 245 g/mol. The molecule has 0 amide bonds. The van der Waals surface area contributed by atoms with E-state index in [1.165, 1.54) is 12.1 Å². The number of hydrogen-bond donors (Lipinski definition) is 2. The van der Waals surface area contributed by atoms with Crippen molar-refractivity contribution in [3.63, 3.8) is 0 Å². The van der Waals surface area contributed by atoms with Gasteiger partial charge in [-0.05, 0) is 36.5 Å². The minimum absolute atomic E-state index is 0.138. The molecule has 0 aliphatic heterocycles. The molecule has 0 spiro atoms. The fourth-order valence-electron chi connectivity index (χ4n) is 1.85. The quantitative estimate of drug-likeness (QED) is 0.859. The Morgan fingerprint density at radius 1 is 1.29 bits per heavy atom. The third-order valence-electron chi connectivity index (χ3n) is 3.07. The molecule has 0 unspecified atom stereocenters. The molecule has 3 N–H and O–H groups in total. The van der Waals surface area contributed by atoms with Gasteiger partial charge in [0.25, 0.3) is 0 Å². The summed E-state index contributed by atoms with van der Waals surface area (Å²) in [5.41, 5.74) is 5.38. The maximum Gasteiger partial charge on any atom is 0.416 e. The van der Waals surface area contributed by atoms with E-state index in [9.17, 15) is 18.3 Å². The summed E-state index contributed by atoms with van der Waals surface area (Å²) >= 11 is 0. The summed E-state index contributed by atoms with van der Waals surface area (Å²) in [4.78, 5) is 0. The van der Waals surface area contributed by atoms with Crippen LogP contribution in [0.4, 0.5) is 13.2 Å². The fourth-order valence-corrected chi connectivity index (χ4v) is 1.85. The minimum atomic E-state index is -4.37. The molecule has 0 saturated heterocycles. The van der Waals surface area contributed by atoms with Crippen LogP contribution in [0, 0.1) is 5.92 Å². The molecule has 0 bridgehead atoms. The van der Waals surface area contributed by atoms with Gasteiger partial charge in [-0.15, -0.1) is 0 Å².